The topological polar surface area (TPSA) is 25.2 Å². The van der Waals surface area contributed by atoms with Crippen LogP contribution >= 0.6 is 22.6 Å². The first kappa shape index (κ1) is 13.6. The Balaban J connectivity index is 2.11. The summed E-state index contributed by atoms with van der Waals surface area (Å²) < 4.78 is 6.42. The molecule has 2 nitrogen and oxygen atoms in total. The van der Waals surface area contributed by atoms with Crippen LogP contribution in [-0.2, 0) is 6.42 Å². The summed E-state index contributed by atoms with van der Waals surface area (Å²) in [4.78, 5) is 0. The SMILES string of the molecule is CCCNC(Cc1ccoc1)c1ccc(I)cc1. The second-order valence-electron chi connectivity index (χ2n) is 4.39. The van der Waals surface area contributed by atoms with Gasteiger partial charge in [0.15, 0.2) is 0 Å². The van der Waals surface area contributed by atoms with Gasteiger partial charge in [-0.05, 0) is 71.3 Å². The van der Waals surface area contributed by atoms with Crippen LogP contribution < -0.4 is 5.32 Å². The van der Waals surface area contributed by atoms with Crippen molar-refractivity contribution in [2.75, 3.05) is 6.54 Å². The zero-order valence-corrected chi connectivity index (χ0v) is 12.7. The van der Waals surface area contributed by atoms with E-state index in [1.54, 1.807) is 6.26 Å². The number of hydrogen-bond donors (Lipinski definition) is 1. The molecule has 96 valence electrons. The summed E-state index contributed by atoms with van der Waals surface area (Å²) in [6.45, 7) is 3.23. The molecule has 3 heteroatoms. The molecule has 0 bridgehead atoms. The average molecular weight is 355 g/mol. The van der Waals surface area contributed by atoms with E-state index in [1.807, 2.05) is 12.3 Å². The Morgan fingerprint density at radius 1 is 1.22 bits per heavy atom. The maximum Gasteiger partial charge on any atom is 0.0935 e. The van der Waals surface area contributed by atoms with Gasteiger partial charge in [0.1, 0.15) is 0 Å². The number of furan rings is 1. The number of nitrogens with one attached hydrogen (secondary N) is 1. The number of halogens is 1. The first-order valence-electron chi connectivity index (χ1n) is 6.29. The lowest BCUT2D eigenvalue weighted by Crippen LogP contribution is -2.23. The summed E-state index contributed by atoms with van der Waals surface area (Å²) >= 11 is 2.34. The second kappa shape index (κ2) is 6.95. The molecular formula is C15H18INO. The number of rotatable bonds is 6. The predicted octanol–water partition coefficient (Wildman–Crippen LogP) is 4.17. The Morgan fingerprint density at radius 2 is 2.00 bits per heavy atom. The molecule has 1 aromatic carbocycles. The highest BCUT2D eigenvalue weighted by Gasteiger charge is 2.11. The monoisotopic (exact) mass is 355 g/mol. The lowest BCUT2D eigenvalue weighted by Gasteiger charge is -2.18. The summed E-state index contributed by atoms with van der Waals surface area (Å²) in [5, 5.41) is 3.60. The van der Waals surface area contributed by atoms with Crippen LogP contribution in [0.4, 0.5) is 0 Å². The molecule has 1 unspecified atom stereocenters. The van der Waals surface area contributed by atoms with Crippen LogP contribution in [0.1, 0.15) is 30.5 Å². The van der Waals surface area contributed by atoms with Gasteiger partial charge in [-0.25, -0.2) is 0 Å². The molecule has 18 heavy (non-hydrogen) atoms. The van der Waals surface area contributed by atoms with Gasteiger partial charge < -0.3 is 9.73 Å². The van der Waals surface area contributed by atoms with Gasteiger partial charge in [-0.1, -0.05) is 19.1 Å². The molecule has 0 aliphatic heterocycles. The Hall–Kier alpha value is -0.810. The fourth-order valence-electron chi connectivity index (χ4n) is 1.97. The normalized spacial score (nSPS) is 12.6. The van der Waals surface area contributed by atoms with Crippen LogP contribution in [0.15, 0.2) is 47.3 Å². The molecular weight excluding hydrogens is 337 g/mol. The summed E-state index contributed by atoms with van der Waals surface area (Å²) in [6.07, 6.45) is 5.68. The van der Waals surface area contributed by atoms with Crippen LogP contribution in [0.5, 0.6) is 0 Å². The first-order valence-corrected chi connectivity index (χ1v) is 7.37. The molecule has 0 aliphatic carbocycles. The van der Waals surface area contributed by atoms with E-state index in [2.05, 4.69) is 59.1 Å². The number of benzene rings is 1. The third-order valence-corrected chi connectivity index (χ3v) is 3.65. The maximum atomic E-state index is 5.15. The minimum atomic E-state index is 0.361. The molecule has 0 radical (unpaired) electrons. The lowest BCUT2D eigenvalue weighted by molar-refractivity contribution is 0.520. The molecule has 0 amide bonds. The van der Waals surface area contributed by atoms with Gasteiger partial charge in [-0.2, -0.15) is 0 Å². The Morgan fingerprint density at radius 3 is 2.61 bits per heavy atom. The van der Waals surface area contributed by atoms with Gasteiger partial charge in [-0.3, -0.25) is 0 Å². The fraction of sp³-hybridized carbons (Fsp3) is 0.333. The quantitative estimate of drug-likeness (QED) is 0.787. The average Bonchev–Trinajstić information content (AvgIpc) is 2.88. The lowest BCUT2D eigenvalue weighted by atomic mass is 10.0. The molecule has 0 aliphatic rings. The van der Waals surface area contributed by atoms with Crippen LogP contribution in [0, 0.1) is 3.57 Å². The summed E-state index contributed by atoms with van der Waals surface area (Å²) in [7, 11) is 0. The van der Waals surface area contributed by atoms with Crippen molar-refractivity contribution in [3.63, 3.8) is 0 Å². The van der Waals surface area contributed by atoms with Gasteiger partial charge in [0.2, 0.25) is 0 Å². The van der Waals surface area contributed by atoms with Crippen LogP contribution in [-0.4, -0.2) is 6.54 Å². The van der Waals surface area contributed by atoms with E-state index in [-0.39, 0.29) is 0 Å². The van der Waals surface area contributed by atoms with E-state index >= 15 is 0 Å². The minimum absolute atomic E-state index is 0.361. The van der Waals surface area contributed by atoms with E-state index in [0.29, 0.717) is 6.04 Å². The van der Waals surface area contributed by atoms with Gasteiger partial charge in [0, 0.05) is 9.61 Å². The van der Waals surface area contributed by atoms with E-state index in [0.717, 1.165) is 19.4 Å². The highest BCUT2D eigenvalue weighted by Crippen LogP contribution is 2.20. The number of hydrogen-bond acceptors (Lipinski definition) is 2. The molecule has 0 fully saturated rings. The van der Waals surface area contributed by atoms with E-state index in [1.165, 1.54) is 14.7 Å². The smallest absolute Gasteiger partial charge is 0.0935 e. The largest absolute Gasteiger partial charge is 0.472 e. The van der Waals surface area contributed by atoms with Crippen molar-refractivity contribution < 1.29 is 4.42 Å². The standard InChI is InChI=1S/C15H18INO/c1-2-8-17-15(10-12-7-9-18-11-12)13-3-5-14(16)6-4-13/h3-7,9,11,15,17H,2,8,10H2,1H3. The van der Waals surface area contributed by atoms with Crippen LogP contribution in [0.25, 0.3) is 0 Å². The molecule has 1 heterocycles. The minimum Gasteiger partial charge on any atom is -0.472 e. The van der Waals surface area contributed by atoms with Crippen molar-refractivity contribution in [2.24, 2.45) is 0 Å². The summed E-state index contributed by atoms with van der Waals surface area (Å²) in [5.41, 5.74) is 2.58. The molecule has 1 aromatic heterocycles. The molecule has 2 aromatic rings. The Bertz CT molecular complexity index is 450. The third kappa shape index (κ3) is 3.85. The van der Waals surface area contributed by atoms with Crippen molar-refractivity contribution in [1.29, 1.82) is 0 Å². The van der Waals surface area contributed by atoms with E-state index < -0.39 is 0 Å². The van der Waals surface area contributed by atoms with Crippen molar-refractivity contribution in [3.05, 3.63) is 57.6 Å². The fourth-order valence-corrected chi connectivity index (χ4v) is 2.33. The van der Waals surface area contributed by atoms with Crippen molar-refractivity contribution in [1.82, 2.24) is 5.32 Å². The Kier molecular flexibility index (Phi) is 5.26. The van der Waals surface area contributed by atoms with Crippen molar-refractivity contribution in [3.8, 4) is 0 Å². The van der Waals surface area contributed by atoms with Gasteiger partial charge in [0.25, 0.3) is 0 Å². The molecule has 0 saturated carbocycles. The first-order chi connectivity index (χ1) is 8.79. The van der Waals surface area contributed by atoms with Crippen molar-refractivity contribution >= 4 is 22.6 Å². The molecule has 1 atom stereocenters. The van der Waals surface area contributed by atoms with Crippen LogP contribution in [0.2, 0.25) is 0 Å². The summed E-state index contributed by atoms with van der Waals surface area (Å²) in [5.74, 6) is 0. The van der Waals surface area contributed by atoms with Gasteiger partial charge in [-0.15, -0.1) is 0 Å². The molecule has 2 rings (SSSR count). The van der Waals surface area contributed by atoms with E-state index in [9.17, 15) is 0 Å². The van der Waals surface area contributed by atoms with Crippen LogP contribution in [0.3, 0.4) is 0 Å². The van der Waals surface area contributed by atoms with E-state index in [4.69, 9.17) is 4.42 Å². The predicted molar refractivity (Wildman–Crippen MR) is 82.6 cm³/mol. The summed E-state index contributed by atoms with van der Waals surface area (Å²) in [6, 6.07) is 11.1. The maximum absolute atomic E-state index is 5.15. The van der Waals surface area contributed by atoms with Gasteiger partial charge in [0.05, 0.1) is 12.5 Å². The highest BCUT2D eigenvalue weighted by atomic mass is 127. The zero-order chi connectivity index (χ0) is 12.8. The molecule has 0 saturated heterocycles. The zero-order valence-electron chi connectivity index (χ0n) is 10.5. The van der Waals surface area contributed by atoms with Crippen molar-refractivity contribution in [2.45, 2.75) is 25.8 Å². The highest BCUT2D eigenvalue weighted by molar-refractivity contribution is 14.1. The Labute approximate surface area is 122 Å². The molecule has 0 spiro atoms. The third-order valence-electron chi connectivity index (χ3n) is 2.93. The van der Waals surface area contributed by atoms with Gasteiger partial charge >= 0.3 is 0 Å². The molecule has 1 N–H and O–H groups in total. The second-order valence-corrected chi connectivity index (χ2v) is 5.64.